The molecule has 6 rings (SSSR count). The number of hydrogen-bond donors (Lipinski definition) is 0. The molecule has 0 spiro atoms. The van der Waals surface area contributed by atoms with Crippen molar-refractivity contribution in [2.75, 3.05) is 0 Å². The van der Waals surface area contributed by atoms with E-state index in [0.717, 1.165) is 38.5 Å². The van der Waals surface area contributed by atoms with Crippen molar-refractivity contribution in [1.29, 1.82) is 0 Å². The number of ketones is 3. The molecule has 3 nitrogen and oxygen atoms in total. The summed E-state index contributed by atoms with van der Waals surface area (Å²) in [5.41, 5.74) is 0. The van der Waals surface area contributed by atoms with Crippen LogP contribution in [-0.2, 0) is 14.4 Å². The van der Waals surface area contributed by atoms with Crippen molar-refractivity contribution >= 4 is 17.3 Å². The lowest BCUT2D eigenvalue weighted by atomic mass is 9.54. The highest BCUT2D eigenvalue weighted by Crippen LogP contribution is 2.68. The van der Waals surface area contributed by atoms with E-state index in [1.165, 1.54) is 12.8 Å². The number of rotatable bonds is 1. The fourth-order valence-corrected chi connectivity index (χ4v) is 9.75. The molecular formula is C26H34O3. The smallest absolute Gasteiger partial charge is 0.139 e. The van der Waals surface area contributed by atoms with E-state index in [2.05, 4.69) is 13.5 Å². The Bertz CT molecular complexity index is 783. The van der Waals surface area contributed by atoms with Gasteiger partial charge in [-0.25, -0.2) is 0 Å². The maximum Gasteiger partial charge on any atom is 0.139 e. The fraction of sp³-hybridized carbons (Fsp3) is 0.808. The van der Waals surface area contributed by atoms with Gasteiger partial charge < -0.3 is 0 Å². The average molecular weight is 395 g/mol. The molecule has 12 atom stereocenters. The summed E-state index contributed by atoms with van der Waals surface area (Å²) < 4.78 is 0. The Hall–Kier alpha value is -1.25. The highest BCUT2D eigenvalue weighted by atomic mass is 16.1. The molecule has 12 unspecified atom stereocenters. The summed E-state index contributed by atoms with van der Waals surface area (Å²) in [4.78, 5) is 41.1. The molecule has 0 aromatic carbocycles. The van der Waals surface area contributed by atoms with Crippen LogP contribution in [0.2, 0.25) is 0 Å². The Kier molecular flexibility index (Phi) is 4.07. The molecule has 6 fully saturated rings. The summed E-state index contributed by atoms with van der Waals surface area (Å²) in [6.45, 7) is 6.15. The van der Waals surface area contributed by atoms with Gasteiger partial charge in [-0.15, -0.1) is 6.58 Å². The minimum absolute atomic E-state index is 0.00823. The molecule has 0 radical (unpaired) electrons. The van der Waals surface area contributed by atoms with Crippen LogP contribution < -0.4 is 0 Å². The third-order valence-electron chi connectivity index (χ3n) is 10.6. The van der Waals surface area contributed by atoms with Crippen LogP contribution in [0.3, 0.4) is 0 Å². The Morgan fingerprint density at radius 3 is 1.66 bits per heavy atom. The second kappa shape index (κ2) is 6.37. The number of Topliss-reactive ketones (excluding diaryl/α,β-unsaturated/α-hetero) is 3. The van der Waals surface area contributed by atoms with Gasteiger partial charge in [0.05, 0.1) is 0 Å². The molecule has 0 aliphatic heterocycles. The third kappa shape index (κ3) is 2.18. The average Bonchev–Trinajstić information content (AvgIpc) is 3.30. The minimum atomic E-state index is -0.0691. The molecule has 0 amide bonds. The second-order valence-electron chi connectivity index (χ2n) is 11.2. The van der Waals surface area contributed by atoms with Crippen LogP contribution in [0.1, 0.15) is 58.3 Å². The van der Waals surface area contributed by atoms with E-state index in [4.69, 9.17) is 0 Å². The van der Waals surface area contributed by atoms with Crippen LogP contribution in [0, 0.1) is 71.0 Å². The van der Waals surface area contributed by atoms with E-state index in [1.807, 2.05) is 6.08 Å². The molecule has 0 N–H and O–H groups in total. The highest BCUT2D eigenvalue weighted by molar-refractivity contribution is 5.96. The maximum absolute atomic E-state index is 13.8. The van der Waals surface area contributed by atoms with Crippen LogP contribution in [-0.4, -0.2) is 17.3 Å². The molecule has 0 saturated heterocycles. The monoisotopic (exact) mass is 394 g/mol. The number of carbonyl (C=O) groups is 3. The van der Waals surface area contributed by atoms with Crippen LogP contribution in [0.15, 0.2) is 12.7 Å². The largest absolute Gasteiger partial charge is 0.299 e. The fourth-order valence-electron chi connectivity index (χ4n) is 9.75. The zero-order chi connectivity index (χ0) is 20.0. The second-order valence-corrected chi connectivity index (χ2v) is 11.2. The predicted molar refractivity (Wildman–Crippen MR) is 110 cm³/mol. The van der Waals surface area contributed by atoms with Gasteiger partial charge >= 0.3 is 0 Å². The molecule has 6 aliphatic carbocycles. The van der Waals surface area contributed by atoms with Crippen molar-refractivity contribution in [3.05, 3.63) is 12.7 Å². The molecule has 3 heteroatoms. The molecule has 6 saturated carbocycles. The number of fused-ring (bicyclic) bond motifs is 10. The zero-order valence-electron chi connectivity index (χ0n) is 17.6. The lowest BCUT2D eigenvalue weighted by Gasteiger charge is -2.47. The Balaban J connectivity index is 1.53. The Morgan fingerprint density at radius 1 is 0.690 bits per heavy atom. The SMILES string of the molecule is C=CC1C(C)C(=O)C2C1C1C(=O)C3CCCCC3C1C1C(=O)C3CCCCC3C21. The van der Waals surface area contributed by atoms with Crippen molar-refractivity contribution in [2.24, 2.45) is 71.0 Å². The molecule has 29 heavy (non-hydrogen) atoms. The molecule has 6 aliphatic rings. The number of hydrogen-bond acceptors (Lipinski definition) is 3. The van der Waals surface area contributed by atoms with Crippen LogP contribution in [0.25, 0.3) is 0 Å². The summed E-state index contributed by atoms with van der Waals surface area (Å²) in [5.74, 6) is 2.82. The molecule has 0 aromatic heterocycles. The van der Waals surface area contributed by atoms with Crippen molar-refractivity contribution < 1.29 is 14.4 Å². The molecular weight excluding hydrogens is 360 g/mol. The molecule has 0 bridgehead atoms. The highest BCUT2D eigenvalue weighted by Gasteiger charge is 2.71. The first-order chi connectivity index (χ1) is 14.1. The quantitative estimate of drug-likeness (QED) is 0.616. The van der Waals surface area contributed by atoms with Gasteiger partial charge in [0.2, 0.25) is 0 Å². The van der Waals surface area contributed by atoms with E-state index in [0.29, 0.717) is 29.2 Å². The first kappa shape index (κ1) is 18.5. The van der Waals surface area contributed by atoms with Gasteiger partial charge in [0.1, 0.15) is 17.3 Å². The topological polar surface area (TPSA) is 51.2 Å². The Labute approximate surface area is 174 Å². The Morgan fingerprint density at radius 2 is 1.14 bits per heavy atom. The summed E-state index contributed by atoms with van der Waals surface area (Å²) >= 11 is 0. The molecule has 156 valence electrons. The lowest BCUT2D eigenvalue weighted by Crippen LogP contribution is -2.49. The third-order valence-corrected chi connectivity index (χ3v) is 10.6. The van der Waals surface area contributed by atoms with E-state index < -0.39 is 0 Å². The first-order valence-corrected chi connectivity index (χ1v) is 12.3. The van der Waals surface area contributed by atoms with Crippen LogP contribution >= 0.6 is 0 Å². The van der Waals surface area contributed by atoms with Gasteiger partial charge in [0.25, 0.3) is 0 Å². The first-order valence-electron chi connectivity index (χ1n) is 12.3. The van der Waals surface area contributed by atoms with Gasteiger partial charge in [-0.1, -0.05) is 38.7 Å². The normalized spacial score (nSPS) is 55.7. The van der Waals surface area contributed by atoms with Gasteiger partial charge in [-0.2, -0.15) is 0 Å². The van der Waals surface area contributed by atoms with E-state index in [9.17, 15) is 14.4 Å². The van der Waals surface area contributed by atoms with Crippen molar-refractivity contribution in [2.45, 2.75) is 58.3 Å². The van der Waals surface area contributed by atoms with Crippen LogP contribution in [0.5, 0.6) is 0 Å². The zero-order valence-corrected chi connectivity index (χ0v) is 17.6. The van der Waals surface area contributed by atoms with E-state index >= 15 is 0 Å². The van der Waals surface area contributed by atoms with Gasteiger partial charge in [-0.3, -0.25) is 14.4 Å². The van der Waals surface area contributed by atoms with Crippen molar-refractivity contribution in [1.82, 2.24) is 0 Å². The van der Waals surface area contributed by atoms with Crippen molar-refractivity contribution in [3.63, 3.8) is 0 Å². The summed E-state index contributed by atoms with van der Waals surface area (Å²) in [6.07, 6.45) is 10.9. The van der Waals surface area contributed by atoms with E-state index in [1.54, 1.807) is 0 Å². The lowest BCUT2D eigenvalue weighted by molar-refractivity contribution is -0.138. The van der Waals surface area contributed by atoms with Crippen LogP contribution in [0.4, 0.5) is 0 Å². The van der Waals surface area contributed by atoms with Gasteiger partial charge in [0.15, 0.2) is 0 Å². The summed E-state index contributed by atoms with van der Waals surface area (Å²) in [7, 11) is 0. The summed E-state index contributed by atoms with van der Waals surface area (Å²) in [6, 6.07) is 0. The maximum atomic E-state index is 13.8. The van der Waals surface area contributed by atoms with Gasteiger partial charge in [0, 0.05) is 35.5 Å². The minimum Gasteiger partial charge on any atom is -0.299 e. The standard InChI is InChI=1S/C26H34O3/c1-3-13-12(2)24(27)21-18(13)22-20(15-9-5-7-11-17(15)25(22)28)23-19(21)14-8-4-6-10-16(14)26(23)29/h3,12-23H,1,4-11H2,2H3. The van der Waals surface area contributed by atoms with Gasteiger partial charge in [-0.05, 0) is 61.2 Å². The van der Waals surface area contributed by atoms with E-state index in [-0.39, 0.29) is 59.2 Å². The van der Waals surface area contributed by atoms with Crippen molar-refractivity contribution in [3.8, 4) is 0 Å². The summed E-state index contributed by atoms with van der Waals surface area (Å²) in [5, 5.41) is 0. The number of allylic oxidation sites excluding steroid dienone is 1. The molecule has 0 aromatic rings. The predicted octanol–water partition coefficient (Wildman–Crippen LogP) is 4.50. The molecule has 0 heterocycles. The number of carbonyl (C=O) groups excluding carboxylic acids is 3.